The predicted octanol–water partition coefficient (Wildman–Crippen LogP) is -0.803. The molecule has 1 aliphatic heterocycles. The Morgan fingerprint density at radius 1 is 1.17 bits per heavy atom. The zero-order valence-electron chi connectivity index (χ0n) is 13.7. The van der Waals surface area contributed by atoms with Crippen LogP contribution in [0.25, 0.3) is 0 Å². The maximum absolute atomic E-state index is 12.2. The highest BCUT2D eigenvalue weighted by molar-refractivity contribution is 5.89. The monoisotopic (exact) mass is 330 g/mol. The van der Waals surface area contributed by atoms with Gasteiger partial charge in [-0.1, -0.05) is 20.8 Å². The van der Waals surface area contributed by atoms with Gasteiger partial charge in [-0.25, -0.2) is 0 Å². The van der Waals surface area contributed by atoms with Crippen molar-refractivity contribution >= 4 is 5.78 Å². The molecule has 2 saturated carbocycles. The number of carbonyl (C=O) groups is 1. The molecule has 3 aliphatic rings. The molecule has 8 atom stereocenters. The van der Waals surface area contributed by atoms with Crippen LogP contribution in [0.5, 0.6) is 0 Å². The molecule has 0 spiro atoms. The Morgan fingerprint density at radius 3 is 2.30 bits per heavy atom. The third-order valence-corrected chi connectivity index (χ3v) is 6.59. The molecular weight excluding hydrogens is 304 g/mol. The molecule has 4 N–H and O–H groups in total. The van der Waals surface area contributed by atoms with Crippen LogP contribution in [0.15, 0.2) is 0 Å². The minimum atomic E-state index is -1.45. The molecule has 0 radical (unpaired) electrons. The second kappa shape index (κ2) is 5.47. The SMILES string of the molecule is CC1(C)[C@@H]2CC(=O)[C@@]1(C)CC2O[C@@H]1O[C@H](CO)[C@@H](O)[C@H](O)[C@H]1O. The molecule has 7 nitrogen and oxygen atoms in total. The molecule has 1 unspecified atom stereocenters. The van der Waals surface area contributed by atoms with Gasteiger partial charge in [0.15, 0.2) is 6.29 Å². The van der Waals surface area contributed by atoms with Crippen molar-refractivity contribution in [3.63, 3.8) is 0 Å². The topological polar surface area (TPSA) is 116 Å². The fraction of sp³-hybridized carbons (Fsp3) is 0.938. The highest BCUT2D eigenvalue weighted by Gasteiger charge is 2.66. The molecule has 1 heterocycles. The fourth-order valence-corrected chi connectivity index (χ4v) is 4.46. The number of Topliss-reactive ketones (excluding diaryl/α,β-unsaturated/α-hetero) is 1. The third kappa shape index (κ3) is 2.29. The summed E-state index contributed by atoms with van der Waals surface area (Å²) in [5.74, 6) is 0.258. The van der Waals surface area contributed by atoms with Gasteiger partial charge in [-0.2, -0.15) is 0 Å². The molecule has 132 valence electrons. The molecule has 2 bridgehead atoms. The van der Waals surface area contributed by atoms with Crippen LogP contribution >= 0.6 is 0 Å². The predicted molar refractivity (Wildman–Crippen MR) is 78.3 cm³/mol. The Morgan fingerprint density at radius 2 is 1.83 bits per heavy atom. The number of fused-ring (bicyclic) bond motifs is 2. The lowest BCUT2D eigenvalue weighted by molar-refractivity contribution is -0.314. The van der Waals surface area contributed by atoms with E-state index in [0.717, 1.165) is 0 Å². The van der Waals surface area contributed by atoms with Crippen LogP contribution in [-0.2, 0) is 14.3 Å². The summed E-state index contributed by atoms with van der Waals surface area (Å²) in [4.78, 5) is 12.2. The highest BCUT2D eigenvalue weighted by Crippen LogP contribution is 2.64. The van der Waals surface area contributed by atoms with E-state index >= 15 is 0 Å². The second-order valence-electron chi connectivity index (χ2n) is 7.86. The van der Waals surface area contributed by atoms with Crippen LogP contribution in [-0.4, -0.2) is 69.6 Å². The van der Waals surface area contributed by atoms with Crippen molar-refractivity contribution < 1.29 is 34.7 Å². The number of hydrogen-bond acceptors (Lipinski definition) is 7. The molecule has 0 amide bonds. The number of rotatable bonds is 3. The van der Waals surface area contributed by atoms with E-state index < -0.39 is 42.7 Å². The summed E-state index contributed by atoms with van der Waals surface area (Å²) < 4.78 is 11.3. The Labute approximate surface area is 135 Å². The summed E-state index contributed by atoms with van der Waals surface area (Å²) >= 11 is 0. The lowest BCUT2D eigenvalue weighted by Gasteiger charge is -2.41. The van der Waals surface area contributed by atoms with Gasteiger partial charge in [-0.3, -0.25) is 4.79 Å². The smallest absolute Gasteiger partial charge is 0.186 e. The molecule has 7 heteroatoms. The third-order valence-electron chi connectivity index (χ3n) is 6.59. The van der Waals surface area contributed by atoms with Gasteiger partial charge in [0.1, 0.15) is 30.2 Å². The van der Waals surface area contributed by atoms with Gasteiger partial charge >= 0.3 is 0 Å². The Kier molecular flexibility index (Phi) is 4.11. The number of ether oxygens (including phenoxy) is 2. The Bertz CT molecular complexity index is 491. The van der Waals surface area contributed by atoms with Crippen LogP contribution in [0, 0.1) is 16.7 Å². The maximum Gasteiger partial charge on any atom is 0.186 e. The lowest BCUT2D eigenvalue weighted by atomic mass is 9.70. The van der Waals surface area contributed by atoms with Crippen LogP contribution in [0.4, 0.5) is 0 Å². The molecule has 23 heavy (non-hydrogen) atoms. The van der Waals surface area contributed by atoms with E-state index in [0.29, 0.717) is 12.8 Å². The number of carbonyl (C=O) groups excluding carboxylic acids is 1. The quantitative estimate of drug-likeness (QED) is 0.535. The van der Waals surface area contributed by atoms with E-state index in [2.05, 4.69) is 13.8 Å². The summed E-state index contributed by atoms with van der Waals surface area (Å²) in [6.45, 7) is 5.57. The first-order valence-corrected chi connectivity index (χ1v) is 8.12. The van der Waals surface area contributed by atoms with Gasteiger partial charge in [-0.05, 0) is 17.8 Å². The number of hydrogen-bond donors (Lipinski definition) is 4. The summed E-state index contributed by atoms with van der Waals surface area (Å²) in [7, 11) is 0. The van der Waals surface area contributed by atoms with Gasteiger partial charge in [-0.15, -0.1) is 0 Å². The highest BCUT2D eigenvalue weighted by atomic mass is 16.7. The minimum absolute atomic E-state index is 0.0207. The number of ketones is 1. The largest absolute Gasteiger partial charge is 0.394 e. The van der Waals surface area contributed by atoms with Crippen molar-refractivity contribution in [1.82, 2.24) is 0 Å². The summed E-state index contributed by atoms with van der Waals surface area (Å²) in [5.41, 5.74) is -0.667. The fourth-order valence-electron chi connectivity index (χ4n) is 4.46. The Hall–Kier alpha value is -0.570. The summed E-state index contributed by atoms with van der Waals surface area (Å²) in [6, 6.07) is 0. The van der Waals surface area contributed by atoms with Crippen LogP contribution in [0.3, 0.4) is 0 Å². The molecule has 1 saturated heterocycles. The van der Waals surface area contributed by atoms with Gasteiger partial charge in [0.05, 0.1) is 12.7 Å². The molecule has 0 aromatic rings. The minimum Gasteiger partial charge on any atom is -0.394 e. The average Bonchev–Trinajstić information content (AvgIpc) is 2.78. The van der Waals surface area contributed by atoms with Crippen molar-refractivity contribution in [1.29, 1.82) is 0 Å². The van der Waals surface area contributed by atoms with Gasteiger partial charge in [0, 0.05) is 11.8 Å². The number of aliphatic hydroxyl groups is 4. The van der Waals surface area contributed by atoms with Crippen LogP contribution < -0.4 is 0 Å². The van der Waals surface area contributed by atoms with E-state index in [1.165, 1.54) is 0 Å². The molecule has 0 aromatic carbocycles. The van der Waals surface area contributed by atoms with Crippen molar-refractivity contribution in [3.8, 4) is 0 Å². The van der Waals surface area contributed by atoms with Crippen molar-refractivity contribution in [2.45, 2.75) is 70.4 Å². The summed E-state index contributed by atoms with van der Waals surface area (Å²) in [6.07, 6.45) is -5.66. The molecule has 2 aliphatic carbocycles. The molecule has 3 fully saturated rings. The van der Waals surface area contributed by atoms with E-state index in [-0.39, 0.29) is 23.2 Å². The zero-order valence-corrected chi connectivity index (χ0v) is 13.7. The second-order valence-corrected chi connectivity index (χ2v) is 7.86. The van der Waals surface area contributed by atoms with Gasteiger partial charge in [0.2, 0.25) is 0 Å². The normalized spacial score (nSPS) is 52.1. The van der Waals surface area contributed by atoms with Crippen molar-refractivity contribution in [2.75, 3.05) is 6.61 Å². The first kappa shape index (κ1) is 17.3. The van der Waals surface area contributed by atoms with E-state index in [1.54, 1.807) is 0 Å². The van der Waals surface area contributed by atoms with E-state index in [9.17, 15) is 25.2 Å². The van der Waals surface area contributed by atoms with Gasteiger partial charge < -0.3 is 29.9 Å². The van der Waals surface area contributed by atoms with Crippen molar-refractivity contribution in [2.24, 2.45) is 16.7 Å². The van der Waals surface area contributed by atoms with E-state index in [4.69, 9.17) is 9.47 Å². The number of aliphatic hydroxyl groups excluding tert-OH is 4. The standard InChI is InChI=1S/C16H26O7/c1-15(2)7-4-10(18)16(15,3)5-8(7)22-14-13(21)12(20)11(19)9(6-17)23-14/h7-9,11-14,17,19-21H,4-6H2,1-3H3/t7-,8?,9-,11-,12+,13-,14-,16-/m1/s1. The molecule has 3 rings (SSSR count). The molecular formula is C16H26O7. The van der Waals surface area contributed by atoms with Gasteiger partial charge in [0.25, 0.3) is 0 Å². The Balaban J connectivity index is 1.75. The molecule has 0 aromatic heterocycles. The first-order valence-electron chi connectivity index (χ1n) is 8.12. The lowest BCUT2D eigenvalue weighted by Crippen LogP contribution is -2.60. The van der Waals surface area contributed by atoms with Crippen molar-refractivity contribution in [3.05, 3.63) is 0 Å². The van der Waals surface area contributed by atoms with Crippen LogP contribution in [0.1, 0.15) is 33.6 Å². The average molecular weight is 330 g/mol. The van der Waals surface area contributed by atoms with E-state index in [1.807, 2.05) is 6.92 Å². The maximum atomic E-state index is 12.2. The zero-order chi connectivity index (χ0) is 17.2. The first-order chi connectivity index (χ1) is 10.6. The van der Waals surface area contributed by atoms with Crippen LogP contribution in [0.2, 0.25) is 0 Å². The summed E-state index contributed by atoms with van der Waals surface area (Å²) in [5, 5.41) is 39.0.